The van der Waals surface area contributed by atoms with Gasteiger partial charge in [0.05, 0.1) is 18.8 Å². The van der Waals surface area contributed by atoms with Gasteiger partial charge in [0, 0.05) is 11.7 Å². The first-order valence-electron chi connectivity index (χ1n) is 9.77. The van der Waals surface area contributed by atoms with Gasteiger partial charge in [-0.1, -0.05) is 12.5 Å². The molecule has 0 bridgehead atoms. The number of rotatable bonds is 9. The van der Waals surface area contributed by atoms with Gasteiger partial charge in [0.1, 0.15) is 11.9 Å². The van der Waals surface area contributed by atoms with Crippen LogP contribution >= 0.6 is 0 Å². The van der Waals surface area contributed by atoms with Gasteiger partial charge in [-0.3, -0.25) is 14.5 Å². The third kappa shape index (κ3) is 6.73. The Morgan fingerprint density at radius 3 is 2.89 bits per heavy atom. The summed E-state index contributed by atoms with van der Waals surface area (Å²) >= 11 is 0. The number of nitrogens with one attached hydrogen (secondary N) is 2. The highest BCUT2D eigenvalue weighted by Crippen LogP contribution is 2.21. The third-order valence-corrected chi connectivity index (χ3v) is 4.85. The molecule has 0 saturated carbocycles. The molecule has 2 amide bonds. The molecule has 0 aliphatic carbocycles. The molecule has 7 heteroatoms. The first-order valence-corrected chi connectivity index (χ1v) is 9.77. The number of likely N-dealkylation sites (tertiary alicyclic amines) is 1. The number of ether oxygens (including phenoxy) is 1. The van der Waals surface area contributed by atoms with Crippen LogP contribution in [0, 0.1) is 5.82 Å². The number of amides is 2. The lowest BCUT2D eigenvalue weighted by molar-refractivity contribution is -0.126. The number of carbonyl (C=O) groups is 2. The number of anilines is 2. The van der Waals surface area contributed by atoms with Crippen molar-refractivity contribution in [3.05, 3.63) is 36.7 Å². The molecule has 1 fully saturated rings. The highest BCUT2D eigenvalue weighted by atomic mass is 19.1. The summed E-state index contributed by atoms with van der Waals surface area (Å²) < 4.78 is 19.4. The number of nitrogens with zero attached hydrogens (tertiary/aromatic N) is 1. The van der Waals surface area contributed by atoms with Gasteiger partial charge in [0.15, 0.2) is 0 Å². The van der Waals surface area contributed by atoms with Gasteiger partial charge in [0.2, 0.25) is 5.91 Å². The van der Waals surface area contributed by atoms with Gasteiger partial charge in [-0.2, -0.15) is 0 Å². The van der Waals surface area contributed by atoms with E-state index in [1.807, 2.05) is 0 Å². The second kappa shape index (κ2) is 10.9. The Hall–Kier alpha value is -2.25. The predicted molar refractivity (Wildman–Crippen MR) is 109 cm³/mol. The van der Waals surface area contributed by atoms with Crippen molar-refractivity contribution in [1.82, 2.24) is 4.90 Å². The molecule has 154 valence electrons. The van der Waals surface area contributed by atoms with Crippen molar-refractivity contribution in [3.8, 4) is 0 Å². The first-order chi connectivity index (χ1) is 13.4. The molecular formula is C21H30FN3O3. The summed E-state index contributed by atoms with van der Waals surface area (Å²) in [5, 5.41) is 5.29. The maximum Gasteiger partial charge on any atom is 0.253 e. The van der Waals surface area contributed by atoms with Crippen molar-refractivity contribution in [1.29, 1.82) is 0 Å². The molecule has 6 nitrogen and oxygen atoms in total. The highest BCUT2D eigenvalue weighted by Gasteiger charge is 2.21. The van der Waals surface area contributed by atoms with Crippen LogP contribution in [0.2, 0.25) is 0 Å². The van der Waals surface area contributed by atoms with Crippen LogP contribution in [0.3, 0.4) is 0 Å². The summed E-state index contributed by atoms with van der Waals surface area (Å²) in [5.74, 6) is -1.18. The molecule has 2 N–H and O–H groups in total. The zero-order valence-electron chi connectivity index (χ0n) is 16.7. The van der Waals surface area contributed by atoms with E-state index in [1.165, 1.54) is 24.6 Å². The Balaban J connectivity index is 1.93. The van der Waals surface area contributed by atoms with Gasteiger partial charge >= 0.3 is 0 Å². The Kier molecular flexibility index (Phi) is 8.60. The summed E-state index contributed by atoms with van der Waals surface area (Å²) in [7, 11) is 0. The lowest BCUT2D eigenvalue weighted by Gasteiger charge is -2.32. The van der Waals surface area contributed by atoms with E-state index in [-0.39, 0.29) is 11.6 Å². The van der Waals surface area contributed by atoms with Crippen LogP contribution in [0.15, 0.2) is 30.9 Å². The molecule has 1 aromatic carbocycles. The van der Waals surface area contributed by atoms with Gasteiger partial charge < -0.3 is 15.4 Å². The van der Waals surface area contributed by atoms with E-state index in [0.29, 0.717) is 31.3 Å². The topological polar surface area (TPSA) is 70.7 Å². The largest absolute Gasteiger partial charge is 0.368 e. The Bertz CT molecular complexity index is 695. The zero-order chi connectivity index (χ0) is 20.5. The summed E-state index contributed by atoms with van der Waals surface area (Å²) in [6.07, 6.45) is 4.98. The number of benzene rings is 1. The fourth-order valence-electron chi connectivity index (χ4n) is 3.11. The minimum absolute atomic E-state index is 0.00770. The smallest absolute Gasteiger partial charge is 0.253 e. The minimum Gasteiger partial charge on any atom is -0.368 e. The van der Waals surface area contributed by atoms with Crippen LogP contribution in [-0.2, 0) is 14.3 Å². The molecule has 1 aliphatic heterocycles. The van der Waals surface area contributed by atoms with Gasteiger partial charge in [-0.25, -0.2) is 4.39 Å². The lowest BCUT2D eigenvalue weighted by Crippen LogP contribution is -2.42. The maximum atomic E-state index is 14.1. The third-order valence-electron chi connectivity index (χ3n) is 4.85. The SMILES string of the molecule is C=CCCOC(C)C(=O)Nc1cc(NC(=O)CN2CCCCC2C)ccc1F. The van der Waals surface area contributed by atoms with Crippen LogP contribution < -0.4 is 10.6 Å². The zero-order valence-corrected chi connectivity index (χ0v) is 16.7. The Morgan fingerprint density at radius 1 is 1.39 bits per heavy atom. The monoisotopic (exact) mass is 391 g/mol. The normalized spacial score (nSPS) is 18.3. The average molecular weight is 391 g/mol. The maximum absolute atomic E-state index is 14.1. The predicted octanol–water partition coefficient (Wildman–Crippen LogP) is 3.56. The van der Waals surface area contributed by atoms with E-state index >= 15 is 0 Å². The van der Waals surface area contributed by atoms with E-state index in [1.54, 1.807) is 13.0 Å². The van der Waals surface area contributed by atoms with Crippen LogP contribution in [0.1, 0.15) is 39.5 Å². The van der Waals surface area contributed by atoms with Crippen molar-refractivity contribution in [3.63, 3.8) is 0 Å². The quantitative estimate of drug-likeness (QED) is 0.499. The van der Waals surface area contributed by atoms with E-state index < -0.39 is 17.8 Å². The lowest BCUT2D eigenvalue weighted by atomic mass is 10.0. The molecule has 2 rings (SSSR count). The van der Waals surface area contributed by atoms with Gasteiger partial charge in [-0.15, -0.1) is 6.58 Å². The van der Waals surface area contributed by atoms with E-state index in [0.717, 1.165) is 19.4 Å². The van der Waals surface area contributed by atoms with Crippen LogP contribution in [-0.4, -0.2) is 48.6 Å². The molecular weight excluding hydrogens is 361 g/mol. The highest BCUT2D eigenvalue weighted by molar-refractivity contribution is 5.96. The summed E-state index contributed by atoms with van der Waals surface area (Å²) in [4.78, 5) is 26.7. The van der Waals surface area contributed by atoms with Crippen LogP contribution in [0.4, 0.5) is 15.8 Å². The number of carbonyl (C=O) groups excluding carboxylic acids is 2. The van der Waals surface area contributed by atoms with Crippen LogP contribution in [0.5, 0.6) is 0 Å². The fraction of sp³-hybridized carbons (Fsp3) is 0.524. The molecule has 2 atom stereocenters. The van der Waals surface area contributed by atoms with Crippen molar-refractivity contribution >= 4 is 23.2 Å². The molecule has 0 spiro atoms. The van der Waals surface area contributed by atoms with Crippen molar-refractivity contribution < 1.29 is 18.7 Å². The van der Waals surface area contributed by atoms with E-state index in [4.69, 9.17) is 4.74 Å². The number of halogens is 1. The number of hydrogen-bond acceptors (Lipinski definition) is 4. The summed E-state index contributed by atoms with van der Waals surface area (Å²) in [6.45, 7) is 8.88. The fourth-order valence-corrected chi connectivity index (χ4v) is 3.11. The van der Waals surface area contributed by atoms with Gasteiger partial charge in [-0.05, 0) is 57.9 Å². The molecule has 1 heterocycles. The standard InChI is InChI=1S/C21H30FN3O3/c1-4-5-12-28-16(3)21(27)24-19-13-17(9-10-18(19)22)23-20(26)14-25-11-7-6-8-15(25)2/h4,9-10,13,15-16H,1,5-8,11-12,14H2,2-3H3,(H,23,26)(H,24,27). The number of hydrogen-bond donors (Lipinski definition) is 2. The van der Waals surface area contributed by atoms with Crippen molar-refractivity contribution in [2.24, 2.45) is 0 Å². The van der Waals surface area contributed by atoms with E-state index in [9.17, 15) is 14.0 Å². The molecule has 1 saturated heterocycles. The molecule has 1 aliphatic rings. The average Bonchev–Trinajstić information content (AvgIpc) is 2.66. The summed E-state index contributed by atoms with van der Waals surface area (Å²) in [5.41, 5.74) is 0.444. The molecule has 0 radical (unpaired) electrons. The second-order valence-electron chi connectivity index (χ2n) is 7.14. The van der Waals surface area contributed by atoms with E-state index in [2.05, 4.69) is 29.0 Å². The van der Waals surface area contributed by atoms with Crippen molar-refractivity contribution in [2.45, 2.75) is 51.7 Å². The summed E-state index contributed by atoms with van der Waals surface area (Å²) in [6, 6.07) is 4.50. The Morgan fingerprint density at radius 2 is 2.18 bits per heavy atom. The minimum atomic E-state index is -0.724. The molecule has 2 unspecified atom stereocenters. The van der Waals surface area contributed by atoms with Crippen molar-refractivity contribution in [2.75, 3.05) is 30.3 Å². The Labute approximate surface area is 166 Å². The van der Waals surface area contributed by atoms with Gasteiger partial charge in [0.25, 0.3) is 5.91 Å². The second-order valence-corrected chi connectivity index (χ2v) is 7.14. The van der Waals surface area contributed by atoms with Crippen LogP contribution in [0.25, 0.3) is 0 Å². The number of piperidine rings is 1. The first kappa shape index (κ1) is 22.0. The molecule has 0 aromatic heterocycles. The molecule has 28 heavy (non-hydrogen) atoms. The molecule has 1 aromatic rings.